The van der Waals surface area contributed by atoms with Crippen molar-refractivity contribution < 1.29 is 0 Å². The van der Waals surface area contributed by atoms with Gasteiger partial charge in [-0.1, -0.05) is 0 Å². The Bertz CT molecular complexity index is 498. The number of aromatic nitrogens is 2. The summed E-state index contributed by atoms with van der Waals surface area (Å²) in [4.78, 5) is 10.2. The molecule has 0 radical (unpaired) electrons. The minimum Gasteiger partial charge on any atom is -0.324 e. The van der Waals surface area contributed by atoms with E-state index in [2.05, 4.69) is 4.98 Å². The van der Waals surface area contributed by atoms with Gasteiger partial charge in [-0.2, -0.15) is 0 Å². The number of fused-ring (bicyclic) bond motifs is 1. The Kier molecular flexibility index (Phi) is 3.39. The van der Waals surface area contributed by atoms with Crippen LogP contribution in [0.1, 0.15) is 40.0 Å². The Hall–Kier alpha value is -1.26. The molecule has 0 saturated carbocycles. The Labute approximate surface area is 111 Å². The molecule has 1 aliphatic carbocycles. The zero-order valence-electron chi connectivity index (χ0n) is 10.3. The molecule has 0 bridgehead atoms. The van der Waals surface area contributed by atoms with Gasteiger partial charge in [-0.25, -0.2) is 4.98 Å². The van der Waals surface area contributed by atoms with E-state index in [-0.39, 0.29) is 6.04 Å². The summed E-state index contributed by atoms with van der Waals surface area (Å²) in [7, 11) is 0. The van der Waals surface area contributed by atoms with E-state index in [1.165, 1.54) is 34.8 Å². The summed E-state index contributed by atoms with van der Waals surface area (Å²) in [6.45, 7) is 0. The van der Waals surface area contributed by atoms with E-state index in [1.54, 1.807) is 12.4 Å². The third kappa shape index (κ3) is 2.44. The molecular formula is C14H17N3S. The Balaban J connectivity index is 1.74. The second kappa shape index (κ2) is 5.16. The van der Waals surface area contributed by atoms with E-state index in [9.17, 15) is 0 Å². The van der Waals surface area contributed by atoms with Crippen molar-refractivity contribution in [2.24, 2.45) is 5.73 Å². The molecule has 0 aromatic carbocycles. The molecule has 0 aliphatic heterocycles. The van der Waals surface area contributed by atoms with Gasteiger partial charge in [0.15, 0.2) is 0 Å². The molecule has 2 aromatic rings. The zero-order chi connectivity index (χ0) is 12.4. The fourth-order valence-electron chi connectivity index (χ4n) is 2.41. The first-order valence-electron chi connectivity index (χ1n) is 6.46. The highest BCUT2D eigenvalue weighted by molar-refractivity contribution is 7.11. The minimum absolute atomic E-state index is 0.0283. The van der Waals surface area contributed by atoms with Crippen molar-refractivity contribution in [3.8, 4) is 0 Å². The van der Waals surface area contributed by atoms with Gasteiger partial charge in [0.25, 0.3) is 0 Å². The van der Waals surface area contributed by atoms with Crippen LogP contribution in [-0.2, 0) is 19.3 Å². The number of nitrogens with zero attached hydrogens (tertiary/aromatic N) is 2. The lowest BCUT2D eigenvalue weighted by Gasteiger charge is -2.09. The molecule has 1 unspecified atom stereocenters. The molecular weight excluding hydrogens is 242 g/mol. The lowest BCUT2D eigenvalue weighted by Crippen LogP contribution is -2.13. The van der Waals surface area contributed by atoms with Gasteiger partial charge in [0, 0.05) is 29.7 Å². The number of aryl methyl sites for hydroxylation is 2. The van der Waals surface area contributed by atoms with Gasteiger partial charge >= 0.3 is 0 Å². The van der Waals surface area contributed by atoms with Crippen LogP contribution in [0.5, 0.6) is 0 Å². The van der Waals surface area contributed by atoms with Crippen molar-refractivity contribution >= 4 is 11.3 Å². The van der Waals surface area contributed by atoms with Crippen molar-refractivity contribution in [3.05, 3.63) is 45.7 Å². The first kappa shape index (κ1) is 11.8. The average Bonchev–Trinajstić information content (AvgIpc) is 2.82. The largest absolute Gasteiger partial charge is 0.324 e. The SMILES string of the molecule is NC(Cc1nc2c(s1)CCCC2)c1ccncc1. The van der Waals surface area contributed by atoms with E-state index >= 15 is 0 Å². The number of hydrogen-bond donors (Lipinski definition) is 1. The molecule has 0 spiro atoms. The minimum atomic E-state index is 0.0283. The summed E-state index contributed by atoms with van der Waals surface area (Å²) in [5.41, 5.74) is 8.68. The van der Waals surface area contributed by atoms with Crippen molar-refractivity contribution in [1.82, 2.24) is 9.97 Å². The summed E-state index contributed by atoms with van der Waals surface area (Å²) in [6, 6.07) is 4.00. The van der Waals surface area contributed by atoms with Gasteiger partial charge in [0.05, 0.1) is 10.7 Å². The highest BCUT2D eigenvalue weighted by Gasteiger charge is 2.17. The lowest BCUT2D eigenvalue weighted by molar-refractivity contribution is 0.673. The number of pyridine rings is 1. The Morgan fingerprint density at radius 3 is 2.78 bits per heavy atom. The maximum Gasteiger partial charge on any atom is 0.0950 e. The van der Waals surface area contributed by atoms with Crippen molar-refractivity contribution in [2.75, 3.05) is 0 Å². The molecule has 0 amide bonds. The van der Waals surface area contributed by atoms with E-state index in [1.807, 2.05) is 23.5 Å². The molecule has 3 nitrogen and oxygen atoms in total. The van der Waals surface area contributed by atoms with Crippen molar-refractivity contribution in [3.63, 3.8) is 0 Å². The van der Waals surface area contributed by atoms with Crippen LogP contribution in [0.3, 0.4) is 0 Å². The molecule has 18 heavy (non-hydrogen) atoms. The van der Waals surface area contributed by atoms with Crippen molar-refractivity contribution in [2.45, 2.75) is 38.1 Å². The van der Waals surface area contributed by atoms with E-state index in [0.29, 0.717) is 0 Å². The van der Waals surface area contributed by atoms with Gasteiger partial charge in [0.2, 0.25) is 0 Å². The van der Waals surface area contributed by atoms with Crippen LogP contribution in [0.2, 0.25) is 0 Å². The second-order valence-corrected chi connectivity index (χ2v) is 5.94. The van der Waals surface area contributed by atoms with Crippen LogP contribution >= 0.6 is 11.3 Å². The van der Waals surface area contributed by atoms with Crippen molar-refractivity contribution in [1.29, 1.82) is 0 Å². The summed E-state index contributed by atoms with van der Waals surface area (Å²) in [5, 5.41) is 1.19. The van der Waals surface area contributed by atoms with Crippen LogP contribution in [-0.4, -0.2) is 9.97 Å². The standard InChI is InChI=1S/C14H17N3S/c15-11(10-5-7-16-8-6-10)9-14-17-12-3-1-2-4-13(12)18-14/h5-8,11H,1-4,9,15H2. The molecule has 1 aliphatic rings. The van der Waals surface area contributed by atoms with Gasteiger partial charge in [-0.05, 0) is 43.4 Å². The predicted molar refractivity (Wildman–Crippen MR) is 73.6 cm³/mol. The van der Waals surface area contributed by atoms with Gasteiger partial charge in [0.1, 0.15) is 0 Å². The van der Waals surface area contributed by atoms with Crippen LogP contribution < -0.4 is 5.73 Å². The molecule has 0 saturated heterocycles. The molecule has 94 valence electrons. The van der Waals surface area contributed by atoms with Gasteiger partial charge in [-0.3, -0.25) is 4.98 Å². The van der Waals surface area contributed by atoms with Crippen LogP contribution in [0.25, 0.3) is 0 Å². The topological polar surface area (TPSA) is 51.8 Å². The predicted octanol–water partition coefficient (Wildman–Crippen LogP) is 2.66. The molecule has 1 atom stereocenters. The summed E-state index contributed by atoms with van der Waals surface area (Å²) >= 11 is 1.85. The van der Waals surface area contributed by atoms with E-state index < -0.39 is 0 Å². The number of hydrogen-bond acceptors (Lipinski definition) is 4. The van der Waals surface area contributed by atoms with E-state index in [0.717, 1.165) is 18.4 Å². The lowest BCUT2D eigenvalue weighted by atomic mass is 10.0. The molecule has 4 heteroatoms. The van der Waals surface area contributed by atoms with E-state index in [4.69, 9.17) is 10.7 Å². The summed E-state index contributed by atoms with van der Waals surface area (Å²) < 4.78 is 0. The highest BCUT2D eigenvalue weighted by Crippen LogP contribution is 2.28. The normalized spacial score (nSPS) is 16.3. The average molecular weight is 259 g/mol. The fraction of sp³-hybridized carbons (Fsp3) is 0.429. The molecule has 2 heterocycles. The zero-order valence-corrected chi connectivity index (χ0v) is 11.1. The summed E-state index contributed by atoms with van der Waals surface area (Å²) in [6.07, 6.45) is 9.37. The molecule has 2 N–H and O–H groups in total. The maximum atomic E-state index is 6.22. The second-order valence-electron chi connectivity index (χ2n) is 4.78. The number of thiazole rings is 1. The highest BCUT2D eigenvalue weighted by atomic mass is 32.1. The number of nitrogens with two attached hydrogens (primary N) is 1. The smallest absolute Gasteiger partial charge is 0.0950 e. The van der Waals surface area contributed by atoms with Gasteiger partial charge in [-0.15, -0.1) is 11.3 Å². The van der Waals surface area contributed by atoms with Crippen LogP contribution in [0.15, 0.2) is 24.5 Å². The quantitative estimate of drug-likeness (QED) is 0.922. The first-order valence-corrected chi connectivity index (χ1v) is 7.27. The maximum absolute atomic E-state index is 6.22. The van der Waals surface area contributed by atoms with Crippen LogP contribution in [0.4, 0.5) is 0 Å². The molecule has 0 fully saturated rings. The Morgan fingerprint density at radius 1 is 1.22 bits per heavy atom. The Morgan fingerprint density at radius 2 is 2.00 bits per heavy atom. The fourth-order valence-corrected chi connectivity index (χ4v) is 3.62. The third-order valence-corrected chi connectivity index (χ3v) is 4.60. The van der Waals surface area contributed by atoms with Gasteiger partial charge < -0.3 is 5.73 Å². The molecule has 2 aromatic heterocycles. The number of rotatable bonds is 3. The van der Waals surface area contributed by atoms with Crippen LogP contribution in [0, 0.1) is 0 Å². The first-order chi connectivity index (χ1) is 8.83. The summed E-state index contributed by atoms with van der Waals surface area (Å²) in [5.74, 6) is 0. The monoisotopic (exact) mass is 259 g/mol. The molecule has 3 rings (SSSR count). The third-order valence-electron chi connectivity index (χ3n) is 3.42.